The number of allylic oxidation sites excluding steroid dienone is 5. The molecule has 2 N–H and O–H groups in total. The third kappa shape index (κ3) is 15.2. The van der Waals surface area contributed by atoms with Crippen LogP contribution in [0.25, 0.3) is 0 Å². The number of carbonyl (C=O) groups excluding carboxylic acids is 5. The van der Waals surface area contributed by atoms with Crippen molar-refractivity contribution in [3.63, 3.8) is 0 Å². The lowest BCUT2D eigenvalue weighted by Gasteiger charge is -2.30. The number of hydrogen-bond donors (Lipinski definition) is 2. The van der Waals surface area contributed by atoms with Gasteiger partial charge in [0.2, 0.25) is 0 Å². The van der Waals surface area contributed by atoms with Crippen molar-refractivity contribution in [2.75, 3.05) is 6.61 Å². The Hall–Kier alpha value is -3.05. The van der Waals surface area contributed by atoms with Crippen molar-refractivity contribution in [2.24, 2.45) is 35.5 Å². The fourth-order valence-corrected chi connectivity index (χ4v) is 9.47. The van der Waals surface area contributed by atoms with E-state index < -0.39 is 29.7 Å². The molecule has 3 fully saturated rings. The molecule has 0 amide bonds. The normalized spacial score (nSPS) is 27.8. The molecular formula is C47H70O10. The van der Waals surface area contributed by atoms with Crippen LogP contribution in [0.2, 0.25) is 0 Å². The fraction of sp³-hybridized carbons (Fsp3) is 0.723. The topological polar surface area (TPSA) is 154 Å². The number of ketones is 4. The summed E-state index contributed by atoms with van der Waals surface area (Å²) in [6, 6.07) is 0. The van der Waals surface area contributed by atoms with Crippen molar-refractivity contribution < 1.29 is 49.0 Å². The summed E-state index contributed by atoms with van der Waals surface area (Å²) in [4.78, 5) is 70.4. The van der Waals surface area contributed by atoms with Crippen LogP contribution in [-0.4, -0.2) is 58.4 Å². The van der Waals surface area contributed by atoms with E-state index >= 15 is 0 Å². The molecule has 0 aromatic rings. The van der Waals surface area contributed by atoms with Crippen LogP contribution in [0.3, 0.4) is 0 Å². The minimum Gasteiger partial charge on any atom is -0.462 e. The summed E-state index contributed by atoms with van der Waals surface area (Å²) in [5.74, 6) is 1.18. The Labute approximate surface area is 340 Å². The third-order valence-corrected chi connectivity index (χ3v) is 13.3. The molecule has 318 valence electrons. The van der Waals surface area contributed by atoms with E-state index in [4.69, 9.17) is 4.74 Å². The Kier molecular flexibility index (Phi) is 20.3. The number of unbranched alkanes of at least 4 members (excludes halogenated alkanes) is 4. The first-order valence-electron chi connectivity index (χ1n) is 22.3. The zero-order chi connectivity index (χ0) is 41.2. The SMILES string of the molecule is CCCCCC1CCC(CC(OO)C2=CC(=O)C(C(=O)OCC3CCC(C)CC3)=CC2=O)CC1.CCCCCC1CCC(CC(OO)C2=CC(=O)C=CC2=O)CC1. The van der Waals surface area contributed by atoms with Crippen molar-refractivity contribution in [3.05, 3.63) is 47.1 Å². The molecule has 2 atom stereocenters. The van der Waals surface area contributed by atoms with Crippen LogP contribution >= 0.6 is 0 Å². The molecule has 0 saturated heterocycles. The largest absolute Gasteiger partial charge is 0.462 e. The maximum Gasteiger partial charge on any atom is 0.342 e. The monoisotopic (exact) mass is 794 g/mol. The molecule has 5 aliphatic rings. The first kappa shape index (κ1) is 46.6. The summed E-state index contributed by atoms with van der Waals surface area (Å²) in [5.41, 5.74) is 0.169. The predicted octanol–water partition coefficient (Wildman–Crippen LogP) is 10.3. The summed E-state index contributed by atoms with van der Waals surface area (Å²) < 4.78 is 5.37. The Morgan fingerprint density at radius 1 is 0.596 bits per heavy atom. The maximum atomic E-state index is 12.7. The lowest BCUT2D eigenvalue weighted by Crippen LogP contribution is -2.30. The maximum absolute atomic E-state index is 12.7. The van der Waals surface area contributed by atoms with E-state index in [0.29, 0.717) is 36.5 Å². The molecule has 0 spiro atoms. The van der Waals surface area contributed by atoms with Gasteiger partial charge in [0.1, 0.15) is 17.8 Å². The number of ether oxygens (including phenoxy) is 1. The number of carbonyl (C=O) groups is 5. The van der Waals surface area contributed by atoms with Crippen molar-refractivity contribution in [1.29, 1.82) is 0 Å². The molecule has 2 unspecified atom stereocenters. The Bertz CT molecular complexity index is 1450. The average Bonchev–Trinajstić information content (AvgIpc) is 3.22. The summed E-state index contributed by atoms with van der Waals surface area (Å²) in [6.07, 6.45) is 29.2. The molecule has 0 aromatic carbocycles. The Morgan fingerprint density at radius 2 is 1.07 bits per heavy atom. The van der Waals surface area contributed by atoms with E-state index in [1.54, 1.807) is 0 Å². The van der Waals surface area contributed by atoms with E-state index in [2.05, 4.69) is 30.5 Å². The van der Waals surface area contributed by atoms with Gasteiger partial charge < -0.3 is 4.74 Å². The summed E-state index contributed by atoms with van der Waals surface area (Å²) >= 11 is 0. The molecule has 5 rings (SSSR count). The molecule has 10 nitrogen and oxygen atoms in total. The highest BCUT2D eigenvalue weighted by Gasteiger charge is 2.34. The van der Waals surface area contributed by atoms with Crippen LogP contribution in [-0.2, 0) is 38.5 Å². The molecule has 0 aromatic heterocycles. The molecule has 10 heteroatoms. The zero-order valence-corrected chi connectivity index (χ0v) is 34.9. The van der Waals surface area contributed by atoms with Gasteiger partial charge in [-0.1, -0.05) is 136 Å². The molecule has 0 radical (unpaired) electrons. The van der Waals surface area contributed by atoms with Crippen LogP contribution in [0.1, 0.15) is 162 Å². The van der Waals surface area contributed by atoms with Crippen LogP contribution in [0.5, 0.6) is 0 Å². The van der Waals surface area contributed by atoms with E-state index in [1.165, 1.54) is 82.4 Å². The van der Waals surface area contributed by atoms with Gasteiger partial charge in [0.25, 0.3) is 0 Å². The molecular weight excluding hydrogens is 725 g/mol. The summed E-state index contributed by atoms with van der Waals surface area (Å²) in [6.45, 7) is 6.96. The van der Waals surface area contributed by atoms with E-state index in [-0.39, 0.29) is 34.9 Å². The standard InChI is InChI=1S/C28H42O6.C19H28O4/c1-3-4-5-6-20-11-13-21(14-12-20)15-27(34-32)23-16-26(30)24(17-25(23)29)28(31)33-18-22-9-7-19(2)8-10-22;1-2-3-4-5-14-6-8-15(9-7-14)12-19(23-22)17-13-16(20)10-11-18(17)21/h16-17,19-22,27,32H,3-15,18H2,1-2H3;10-11,13-15,19,22H,2-9,12H2,1H3. The van der Waals surface area contributed by atoms with Crippen molar-refractivity contribution in [3.8, 4) is 0 Å². The Morgan fingerprint density at radius 3 is 1.56 bits per heavy atom. The molecule has 3 saturated carbocycles. The van der Waals surface area contributed by atoms with Crippen molar-refractivity contribution in [2.45, 2.75) is 174 Å². The van der Waals surface area contributed by atoms with Gasteiger partial charge in [-0.05, 0) is 85.5 Å². The van der Waals surface area contributed by atoms with Gasteiger partial charge in [-0.25, -0.2) is 14.6 Å². The second kappa shape index (κ2) is 24.8. The zero-order valence-electron chi connectivity index (χ0n) is 34.9. The number of esters is 1. The van der Waals surface area contributed by atoms with Crippen LogP contribution in [0.15, 0.2) is 47.1 Å². The highest BCUT2D eigenvalue weighted by molar-refractivity contribution is 6.30. The van der Waals surface area contributed by atoms with E-state index in [0.717, 1.165) is 88.2 Å². The van der Waals surface area contributed by atoms with Gasteiger partial charge in [-0.15, -0.1) is 0 Å². The van der Waals surface area contributed by atoms with Gasteiger partial charge in [0, 0.05) is 17.2 Å². The minimum atomic E-state index is -0.851. The highest BCUT2D eigenvalue weighted by atomic mass is 17.1. The average molecular weight is 795 g/mol. The lowest BCUT2D eigenvalue weighted by atomic mass is 9.76. The highest BCUT2D eigenvalue weighted by Crippen LogP contribution is 2.37. The van der Waals surface area contributed by atoms with Gasteiger partial charge >= 0.3 is 5.97 Å². The number of rotatable bonds is 19. The number of hydrogen-bond acceptors (Lipinski definition) is 10. The lowest BCUT2D eigenvalue weighted by molar-refractivity contribution is -0.271. The molecule has 57 heavy (non-hydrogen) atoms. The van der Waals surface area contributed by atoms with Crippen molar-refractivity contribution >= 4 is 29.1 Å². The van der Waals surface area contributed by atoms with Gasteiger partial charge in [0.15, 0.2) is 23.1 Å². The second-order valence-electron chi connectivity index (χ2n) is 17.7. The summed E-state index contributed by atoms with van der Waals surface area (Å²) in [7, 11) is 0. The fourth-order valence-electron chi connectivity index (χ4n) is 9.47. The van der Waals surface area contributed by atoms with Crippen LogP contribution in [0, 0.1) is 35.5 Å². The first-order chi connectivity index (χ1) is 27.5. The molecule has 0 bridgehead atoms. The summed E-state index contributed by atoms with van der Waals surface area (Å²) in [5, 5.41) is 18.7. The van der Waals surface area contributed by atoms with Crippen LogP contribution in [0.4, 0.5) is 0 Å². The molecule has 0 heterocycles. The smallest absolute Gasteiger partial charge is 0.342 e. The van der Waals surface area contributed by atoms with Gasteiger partial charge in [0.05, 0.1) is 6.61 Å². The van der Waals surface area contributed by atoms with Gasteiger partial charge in [-0.3, -0.25) is 29.7 Å². The first-order valence-corrected chi connectivity index (χ1v) is 22.3. The van der Waals surface area contributed by atoms with Gasteiger partial charge in [-0.2, -0.15) is 0 Å². The molecule has 0 aliphatic heterocycles. The van der Waals surface area contributed by atoms with Crippen LogP contribution < -0.4 is 0 Å². The molecule has 5 aliphatic carbocycles. The second-order valence-corrected chi connectivity index (χ2v) is 17.7. The van der Waals surface area contributed by atoms with E-state index in [9.17, 15) is 34.5 Å². The predicted molar refractivity (Wildman–Crippen MR) is 219 cm³/mol. The minimum absolute atomic E-state index is 0.121. The van der Waals surface area contributed by atoms with Crippen molar-refractivity contribution in [1.82, 2.24) is 0 Å². The third-order valence-electron chi connectivity index (χ3n) is 13.3. The Balaban J connectivity index is 0.000000273. The van der Waals surface area contributed by atoms with E-state index in [1.807, 2.05) is 0 Å². The quantitative estimate of drug-likeness (QED) is 0.0322.